The number of morpholine rings is 1. The molecule has 7 heteroatoms. The monoisotopic (exact) mass is 523 g/mol. The third-order valence-electron chi connectivity index (χ3n) is 4.92. The quantitative estimate of drug-likeness (QED) is 0.330. The Balaban J connectivity index is 0.00000320. The highest BCUT2D eigenvalue weighted by atomic mass is 127. The highest BCUT2D eigenvalue weighted by Gasteiger charge is 2.22. The molecule has 1 fully saturated rings. The smallest absolute Gasteiger partial charge is 0.191 e. The number of aliphatic imine (C=N–C) groups is 1. The van der Waals surface area contributed by atoms with E-state index in [4.69, 9.17) is 9.73 Å². The summed E-state index contributed by atoms with van der Waals surface area (Å²) < 4.78 is 5.87. The standard InChI is InChI=1S/C23H33N5O.HI/c1-4-24-23(27-14-22-11-7-8-12-25-22)26-13-20-9-5-6-10-21(20)17-28-15-18(2)29-19(3)16-28;/h5-12,18-19H,4,13-17H2,1-3H3,(H2,24,26,27);1H. The largest absolute Gasteiger partial charge is 0.373 e. The molecular formula is C23H34IN5O. The molecule has 2 N–H and O–H groups in total. The van der Waals surface area contributed by atoms with E-state index < -0.39 is 0 Å². The van der Waals surface area contributed by atoms with Gasteiger partial charge in [-0.15, -0.1) is 24.0 Å². The Kier molecular flexibility index (Phi) is 10.5. The van der Waals surface area contributed by atoms with Crippen LogP contribution >= 0.6 is 24.0 Å². The lowest BCUT2D eigenvalue weighted by Crippen LogP contribution is -2.44. The molecule has 0 spiro atoms. The Morgan fingerprint density at radius 3 is 2.43 bits per heavy atom. The van der Waals surface area contributed by atoms with Gasteiger partial charge < -0.3 is 15.4 Å². The molecule has 1 aromatic heterocycles. The molecule has 1 saturated heterocycles. The molecule has 1 aromatic carbocycles. The van der Waals surface area contributed by atoms with E-state index in [9.17, 15) is 0 Å². The van der Waals surface area contributed by atoms with Crippen molar-refractivity contribution in [2.45, 2.75) is 52.6 Å². The molecule has 164 valence electrons. The Bertz CT molecular complexity index is 776. The van der Waals surface area contributed by atoms with Gasteiger partial charge in [-0.25, -0.2) is 4.99 Å². The lowest BCUT2D eigenvalue weighted by molar-refractivity contribution is -0.0705. The highest BCUT2D eigenvalue weighted by Crippen LogP contribution is 2.17. The molecule has 0 saturated carbocycles. The van der Waals surface area contributed by atoms with Crippen LogP contribution in [0.15, 0.2) is 53.7 Å². The summed E-state index contributed by atoms with van der Waals surface area (Å²) in [6.07, 6.45) is 2.37. The lowest BCUT2D eigenvalue weighted by Gasteiger charge is -2.35. The number of pyridine rings is 1. The predicted molar refractivity (Wildman–Crippen MR) is 133 cm³/mol. The van der Waals surface area contributed by atoms with Gasteiger partial charge in [0.2, 0.25) is 0 Å². The maximum Gasteiger partial charge on any atom is 0.191 e. The summed E-state index contributed by atoms with van der Waals surface area (Å²) >= 11 is 0. The molecule has 2 heterocycles. The number of hydrogen-bond acceptors (Lipinski definition) is 4. The van der Waals surface area contributed by atoms with Crippen molar-refractivity contribution in [3.63, 3.8) is 0 Å². The summed E-state index contributed by atoms with van der Waals surface area (Å²) in [6.45, 7) is 11.4. The average Bonchev–Trinajstić information content (AvgIpc) is 2.71. The summed E-state index contributed by atoms with van der Waals surface area (Å²) in [5.74, 6) is 0.807. The van der Waals surface area contributed by atoms with Crippen LogP contribution in [0.2, 0.25) is 0 Å². The van der Waals surface area contributed by atoms with Crippen molar-refractivity contribution >= 4 is 29.9 Å². The van der Waals surface area contributed by atoms with Crippen LogP contribution in [-0.2, 0) is 24.4 Å². The number of ether oxygens (including phenoxy) is 1. The Hall–Kier alpha value is -1.71. The molecule has 0 radical (unpaired) electrons. The van der Waals surface area contributed by atoms with Crippen LogP contribution in [0, 0.1) is 0 Å². The van der Waals surface area contributed by atoms with Gasteiger partial charge in [0, 0.05) is 32.4 Å². The van der Waals surface area contributed by atoms with Crippen LogP contribution in [-0.4, -0.2) is 47.7 Å². The third-order valence-corrected chi connectivity index (χ3v) is 4.92. The molecule has 2 atom stereocenters. The van der Waals surface area contributed by atoms with Crippen LogP contribution in [0.5, 0.6) is 0 Å². The highest BCUT2D eigenvalue weighted by molar-refractivity contribution is 14.0. The number of halogens is 1. The Labute approximate surface area is 197 Å². The predicted octanol–water partition coefficient (Wildman–Crippen LogP) is 3.56. The molecule has 2 aromatic rings. The van der Waals surface area contributed by atoms with Gasteiger partial charge in [-0.1, -0.05) is 30.3 Å². The van der Waals surface area contributed by atoms with Crippen LogP contribution in [0.4, 0.5) is 0 Å². The number of rotatable bonds is 7. The van der Waals surface area contributed by atoms with Gasteiger partial charge in [-0.2, -0.15) is 0 Å². The number of hydrogen-bond donors (Lipinski definition) is 2. The van der Waals surface area contributed by atoms with Crippen LogP contribution in [0.3, 0.4) is 0 Å². The van der Waals surface area contributed by atoms with Crippen molar-refractivity contribution < 1.29 is 4.74 Å². The number of nitrogens with zero attached hydrogens (tertiary/aromatic N) is 3. The minimum absolute atomic E-state index is 0. The van der Waals surface area contributed by atoms with E-state index in [2.05, 4.69) is 65.6 Å². The van der Waals surface area contributed by atoms with Crippen molar-refractivity contribution in [2.24, 2.45) is 4.99 Å². The second kappa shape index (κ2) is 12.9. The summed E-state index contributed by atoms with van der Waals surface area (Å²) in [5.41, 5.74) is 3.58. The number of guanidine groups is 1. The van der Waals surface area contributed by atoms with E-state index >= 15 is 0 Å². The number of benzene rings is 1. The van der Waals surface area contributed by atoms with Gasteiger partial charge in [0.15, 0.2) is 5.96 Å². The van der Waals surface area contributed by atoms with Gasteiger partial charge in [0.1, 0.15) is 0 Å². The molecule has 3 rings (SSSR count). The fourth-order valence-corrected chi connectivity index (χ4v) is 3.70. The first-order chi connectivity index (χ1) is 14.1. The van der Waals surface area contributed by atoms with Crippen molar-refractivity contribution in [1.29, 1.82) is 0 Å². The van der Waals surface area contributed by atoms with E-state index in [-0.39, 0.29) is 36.2 Å². The zero-order valence-corrected chi connectivity index (χ0v) is 20.5. The fourth-order valence-electron chi connectivity index (χ4n) is 3.70. The van der Waals surface area contributed by atoms with E-state index in [1.165, 1.54) is 11.1 Å². The summed E-state index contributed by atoms with van der Waals surface area (Å²) in [4.78, 5) is 11.6. The summed E-state index contributed by atoms with van der Waals surface area (Å²) in [6, 6.07) is 14.5. The van der Waals surface area contributed by atoms with E-state index in [0.29, 0.717) is 13.1 Å². The average molecular weight is 523 g/mol. The van der Waals surface area contributed by atoms with Gasteiger partial charge in [0.25, 0.3) is 0 Å². The van der Waals surface area contributed by atoms with Gasteiger partial charge >= 0.3 is 0 Å². The maximum absolute atomic E-state index is 5.87. The maximum atomic E-state index is 5.87. The molecule has 1 aliphatic heterocycles. The van der Waals surface area contributed by atoms with Gasteiger partial charge in [-0.05, 0) is 44.0 Å². The number of aromatic nitrogens is 1. The zero-order valence-electron chi connectivity index (χ0n) is 18.2. The van der Waals surface area contributed by atoms with Crippen LogP contribution < -0.4 is 10.6 Å². The zero-order chi connectivity index (χ0) is 20.5. The second-order valence-corrected chi connectivity index (χ2v) is 7.59. The molecule has 0 amide bonds. The molecule has 1 aliphatic rings. The molecule has 30 heavy (non-hydrogen) atoms. The summed E-state index contributed by atoms with van der Waals surface area (Å²) in [5, 5.41) is 6.69. The minimum atomic E-state index is 0. The second-order valence-electron chi connectivity index (χ2n) is 7.59. The van der Waals surface area contributed by atoms with Crippen molar-refractivity contribution in [3.8, 4) is 0 Å². The molecule has 0 bridgehead atoms. The first kappa shape index (κ1) is 24.6. The van der Waals surface area contributed by atoms with Gasteiger partial charge in [0.05, 0.1) is 31.0 Å². The molecular weight excluding hydrogens is 489 g/mol. The lowest BCUT2D eigenvalue weighted by atomic mass is 10.1. The first-order valence-corrected chi connectivity index (χ1v) is 10.5. The van der Waals surface area contributed by atoms with Crippen LogP contribution in [0.25, 0.3) is 0 Å². The topological polar surface area (TPSA) is 61.8 Å². The van der Waals surface area contributed by atoms with Crippen molar-refractivity contribution in [2.75, 3.05) is 19.6 Å². The van der Waals surface area contributed by atoms with E-state index in [1.54, 1.807) is 0 Å². The molecule has 0 aliphatic carbocycles. The number of nitrogens with one attached hydrogen (secondary N) is 2. The van der Waals surface area contributed by atoms with Crippen molar-refractivity contribution in [3.05, 3.63) is 65.5 Å². The third kappa shape index (κ3) is 7.85. The Morgan fingerprint density at radius 1 is 1.07 bits per heavy atom. The van der Waals surface area contributed by atoms with Crippen LogP contribution in [0.1, 0.15) is 37.6 Å². The van der Waals surface area contributed by atoms with E-state index in [1.807, 2.05) is 24.4 Å². The van der Waals surface area contributed by atoms with E-state index in [0.717, 1.165) is 37.8 Å². The summed E-state index contributed by atoms with van der Waals surface area (Å²) in [7, 11) is 0. The minimum Gasteiger partial charge on any atom is -0.373 e. The fraction of sp³-hybridized carbons (Fsp3) is 0.478. The molecule has 2 unspecified atom stereocenters. The normalized spacial score (nSPS) is 19.8. The molecule has 6 nitrogen and oxygen atoms in total. The Morgan fingerprint density at radius 2 is 1.77 bits per heavy atom. The SMILES string of the molecule is CCNC(=NCc1ccccc1CN1CC(C)OC(C)C1)NCc1ccccn1.I. The van der Waals surface area contributed by atoms with Gasteiger partial charge in [-0.3, -0.25) is 9.88 Å². The van der Waals surface area contributed by atoms with Crippen molar-refractivity contribution in [1.82, 2.24) is 20.5 Å². The first-order valence-electron chi connectivity index (χ1n) is 10.5.